The Hall–Kier alpha value is -2.07. The van der Waals surface area contributed by atoms with Gasteiger partial charge in [0.25, 0.3) is 5.91 Å². The van der Waals surface area contributed by atoms with Gasteiger partial charge in [-0.25, -0.2) is 4.39 Å². The summed E-state index contributed by atoms with van der Waals surface area (Å²) in [6.07, 6.45) is 4.21. The first kappa shape index (κ1) is 16.3. The maximum Gasteiger partial charge on any atom is 0.257 e. The summed E-state index contributed by atoms with van der Waals surface area (Å²) in [6, 6.07) is 4.45. The summed E-state index contributed by atoms with van der Waals surface area (Å²) in [4.78, 5) is 14.2. The minimum absolute atomic E-state index is 0.246. The molecule has 0 radical (unpaired) electrons. The predicted octanol–water partition coefficient (Wildman–Crippen LogP) is 3.60. The summed E-state index contributed by atoms with van der Waals surface area (Å²) in [5, 5.41) is 0.318. The molecule has 1 aliphatic heterocycles. The van der Waals surface area contributed by atoms with Crippen LogP contribution in [-0.4, -0.2) is 12.5 Å². The monoisotopic (exact) mass is 320 g/mol. The third-order valence-electron chi connectivity index (χ3n) is 3.62. The molecule has 5 heteroatoms. The molecule has 1 aliphatic rings. The molecule has 116 valence electrons. The van der Waals surface area contributed by atoms with Gasteiger partial charge in [-0.2, -0.15) is 0 Å². The largest absolute Gasteiger partial charge is 0.405 e. The summed E-state index contributed by atoms with van der Waals surface area (Å²) in [5.74, 6) is -0.571. The van der Waals surface area contributed by atoms with Crippen LogP contribution < -0.4 is 10.6 Å². The molecule has 0 saturated heterocycles. The van der Waals surface area contributed by atoms with E-state index in [1.807, 2.05) is 13.8 Å². The van der Waals surface area contributed by atoms with Gasteiger partial charge >= 0.3 is 0 Å². The highest BCUT2D eigenvalue weighted by Crippen LogP contribution is 2.41. The smallest absolute Gasteiger partial charge is 0.257 e. The van der Waals surface area contributed by atoms with E-state index < -0.39 is 0 Å². The fourth-order valence-electron chi connectivity index (χ4n) is 2.57. The molecule has 0 unspecified atom stereocenters. The van der Waals surface area contributed by atoms with Gasteiger partial charge < -0.3 is 10.6 Å². The second-order valence-corrected chi connectivity index (χ2v) is 6.29. The van der Waals surface area contributed by atoms with Crippen LogP contribution in [0.3, 0.4) is 0 Å². The number of hydrogen-bond donors (Lipinski definition) is 1. The molecule has 1 amide bonds. The normalized spacial score (nSPS) is 16.9. The Morgan fingerprint density at radius 3 is 2.82 bits per heavy atom. The number of halogens is 2. The molecule has 0 fully saturated rings. The van der Waals surface area contributed by atoms with Crippen LogP contribution in [0.1, 0.15) is 19.4 Å². The lowest BCUT2D eigenvalue weighted by Gasteiger charge is -2.21. The lowest BCUT2D eigenvalue weighted by molar-refractivity contribution is -0.114. The minimum Gasteiger partial charge on any atom is -0.405 e. The molecule has 0 saturated carbocycles. The van der Waals surface area contributed by atoms with Crippen molar-refractivity contribution in [3.05, 3.63) is 65.1 Å². The molecule has 22 heavy (non-hydrogen) atoms. The minimum atomic E-state index is -0.321. The Bertz CT molecular complexity index is 692. The van der Waals surface area contributed by atoms with Crippen LogP contribution >= 0.6 is 11.6 Å². The number of hydrogen-bond acceptors (Lipinski definition) is 2. The Kier molecular flexibility index (Phi) is 4.42. The number of amides is 1. The quantitative estimate of drug-likeness (QED) is 0.683. The molecule has 0 spiro atoms. The van der Waals surface area contributed by atoms with Gasteiger partial charge in [0.05, 0.1) is 0 Å². The van der Waals surface area contributed by atoms with Crippen LogP contribution in [-0.2, 0) is 10.2 Å². The highest BCUT2D eigenvalue weighted by Gasteiger charge is 2.38. The number of carbonyl (C=O) groups is 1. The Morgan fingerprint density at radius 2 is 2.18 bits per heavy atom. The standard InChI is InChI=1S/C17H18ClFN2O/c1-11(8-12(18)6-7-20)16(22)21-10-17(2,3)14-9-13(19)4-5-15(14)21/h4-9H,1,10,20H2,2-3H3/b7-6-,12-8+. The van der Waals surface area contributed by atoms with Crippen molar-refractivity contribution >= 4 is 23.2 Å². The van der Waals surface area contributed by atoms with E-state index in [1.165, 1.54) is 30.5 Å². The molecule has 0 atom stereocenters. The zero-order chi connectivity index (χ0) is 16.5. The summed E-state index contributed by atoms with van der Waals surface area (Å²) >= 11 is 5.92. The van der Waals surface area contributed by atoms with Crippen molar-refractivity contribution < 1.29 is 9.18 Å². The first-order valence-corrected chi connectivity index (χ1v) is 7.20. The predicted molar refractivity (Wildman–Crippen MR) is 88.2 cm³/mol. The molecule has 0 aliphatic carbocycles. The maximum atomic E-state index is 13.5. The lowest BCUT2D eigenvalue weighted by atomic mass is 9.87. The van der Waals surface area contributed by atoms with E-state index in [0.717, 1.165) is 5.56 Å². The number of nitrogens with zero attached hydrogens (tertiary/aromatic N) is 1. The van der Waals surface area contributed by atoms with Gasteiger partial charge in [-0.1, -0.05) is 32.0 Å². The number of allylic oxidation sites excluding steroid dienone is 2. The van der Waals surface area contributed by atoms with E-state index in [0.29, 0.717) is 17.3 Å². The first-order valence-electron chi connectivity index (χ1n) is 6.82. The maximum absolute atomic E-state index is 13.5. The van der Waals surface area contributed by atoms with E-state index in [9.17, 15) is 9.18 Å². The van der Waals surface area contributed by atoms with Gasteiger partial charge in [-0.05, 0) is 42.1 Å². The summed E-state index contributed by atoms with van der Waals surface area (Å²) in [7, 11) is 0. The van der Waals surface area contributed by atoms with Gasteiger partial charge in [-0.15, -0.1) is 0 Å². The van der Waals surface area contributed by atoms with Gasteiger partial charge in [0.15, 0.2) is 0 Å². The third-order valence-corrected chi connectivity index (χ3v) is 3.85. The molecule has 1 aromatic rings. The molecule has 2 rings (SSSR count). The topological polar surface area (TPSA) is 46.3 Å². The summed E-state index contributed by atoms with van der Waals surface area (Å²) in [5.41, 5.74) is 6.69. The third kappa shape index (κ3) is 3.07. The van der Waals surface area contributed by atoms with Crippen LogP contribution in [0.25, 0.3) is 0 Å². The number of carbonyl (C=O) groups excluding carboxylic acids is 1. The molecule has 1 heterocycles. The van der Waals surface area contributed by atoms with Crippen molar-refractivity contribution in [3.8, 4) is 0 Å². The van der Waals surface area contributed by atoms with E-state index in [1.54, 1.807) is 11.0 Å². The van der Waals surface area contributed by atoms with Crippen LogP contribution in [0.15, 0.2) is 53.7 Å². The SMILES string of the molecule is C=C(/C=C(Cl)\C=C/N)C(=O)N1CC(C)(C)c2cc(F)ccc21. The van der Waals surface area contributed by atoms with Gasteiger partial charge in [0.1, 0.15) is 5.82 Å². The molecular weight excluding hydrogens is 303 g/mol. The van der Waals surface area contributed by atoms with Gasteiger partial charge in [-0.3, -0.25) is 4.79 Å². The van der Waals surface area contributed by atoms with Crippen LogP contribution in [0, 0.1) is 5.82 Å². The Labute approximate surface area is 134 Å². The van der Waals surface area contributed by atoms with Crippen LogP contribution in [0.5, 0.6) is 0 Å². The second-order valence-electron chi connectivity index (χ2n) is 5.85. The van der Waals surface area contributed by atoms with Crippen molar-refractivity contribution in [1.82, 2.24) is 0 Å². The number of anilines is 1. The number of fused-ring (bicyclic) bond motifs is 1. The molecule has 3 nitrogen and oxygen atoms in total. The zero-order valence-corrected chi connectivity index (χ0v) is 13.3. The lowest BCUT2D eigenvalue weighted by Crippen LogP contribution is -2.34. The van der Waals surface area contributed by atoms with E-state index in [2.05, 4.69) is 6.58 Å². The molecule has 0 bridgehead atoms. The van der Waals surface area contributed by atoms with Crippen molar-refractivity contribution in [2.24, 2.45) is 5.73 Å². The second kappa shape index (κ2) is 5.97. The van der Waals surface area contributed by atoms with Crippen LogP contribution in [0.2, 0.25) is 0 Å². The average Bonchev–Trinajstić information content (AvgIpc) is 2.69. The van der Waals surface area contributed by atoms with Crippen LogP contribution in [0.4, 0.5) is 10.1 Å². The van der Waals surface area contributed by atoms with Crippen molar-refractivity contribution in [2.75, 3.05) is 11.4 Å². The molecular formula is C17H18ClFN2O. The van der Waals surface area contributed by atoms with Crippen molar-refractivity contribution in [2.45, 2.75) is 19.3 Å². The van der Waals surface area contributed by atoms with Gasteiger partial charge in [0.2, 0.25) is 0 Å². The molecule has 2 N–H and O–H groups in total. The Morgan fingerprint density at radius 1 is 1.50 bits per heavy atom. The Balaban J connectivity index is 2.34. The van der Waals surface area contributed by atoms with E-state index in [-0.39, 0.29) is 22.7 Å². The highest BCUT2D eigenvalue weighted by atomic mass is 35.5. The molecule has 1 aromatic carbocycles. The number of nitrogens with two attached hydrogens (primary N) is 1. The van der Waals surface area contributed by atoms with Crippen molar-refractivity contribution in [3.63, 3.8) is 0 Å². The van der Waals surface area contributed by atoms with Gasteiger partial charge in [0, 0.05) is 28.3 Å². The van der Waals surface area contributed by atoms with Crippen molar-refractivity contribution in [1.29, 1.82) is 0 Å². The number of benzene rings is 1. The molecule has 0 aromatic heterocycles. The summed E-state index contributed by atoms with van der Waals surface area (Å²) in [6.45, 7) is 8.17. The first-order chi connectivity index (χ1) is 10.3. The number of rotatable bonds is 3. The summed E-state index contributed by atoms with van der Waals surface area (Å²) < 4.78 is 13.5. The fraction of sp³-hybridized carbons (Fsp3) is 0.235. The average molecular weight is 321 g/mol. The zero-order valence-electron chi connectivity index (χ0n) is 12.6. The van der Waals surface area contributed by atoms with E-state index in [4.69, 9.17) is 17.3 Å². The fourth-order valence-corrected chi connectivity index (χ4v) is 2.78. The highest BCUT2D eigenvalue weighted by molar-refractivity contribution is 6.31. The van der Waals surface area contributed by atoms with E-state index >= 15 is 0 Å².